The van der Waals surface area contributed by atoms with Crippen molar-refractivity contribution >= 4 is 5.69 Å². The summed E-state index contributed by atoms with van der Waals surface area (Å²) in [5.74, 6) is 0. The van der Waals surface area contributed by atoms with Crippen molar-refractivity contribution in [2.75, 3.05) is 32.1 Å². The molecular formula is C17H32N2. The number of rotatable bonds is 6. The van der Waals surface area contributed by atoms with Crippen molar-refractivity contribution in [2.45, 2.75) is 47.1 Å². The lowest BCUT2D eigenvalue weighted by molar-refractivity contribution is 0.288. The monoisotopic (exact) mass is 264 g/mol. The summed E-state index contributed by atoms with van der Waals surface area (Å²) in [6.45, 7) is 12.8. The molecule has 1 rings (SSSR count). The zero-order valence-corrected chi connectivity index (χ0v) is 13.9. The molecule has 0 fully saturated rings. The van der Waals surface area contributed by atoms with Crippen LogP contribution in [0.3, 0.4) is 0 Å². The summed E-state index contributed by atoms with van der Waals surface area (Å²) in [4.78, 5) is 4.78. The van der Waals surface area contributed by atoms with Gasteiger partial charge in [-0.2, -0.15) is 0 Å². The predicted molar refractivity (Wildman–Crippen MR) is 88.2 cm³/mol. The van der Waals surface area contributed by atoms with E-state index in [1.165, 1.54) is 17.7 Å². The average molecular weight is 264 g/mol. The first-order valence-electron chi connectivity index (χ1n) is 7.56. The normalized spacial score (nSPS) is 11.8. The number of benzene rings is 1. The van der Waals surface area contributed by atoms with Gasteiger partial charge in [-0.15, -0.1) is 0 Å². The number of anilines is 1. The topological polar surface area (TPSA) is 6.48 Å². The van der Waals surface area contributed by atoms with Crippen molar-refractivity contribution in [3.05, 3.63) is 29.8 Å². The summed E-state index contributed by atoms with van der Waals surface area (Å²) < 4.78 is 0. The van der Waals surface area contributed by atoms with Gasteiger partial charge in [0.05, 0.1) is 0 Å². The second-order valence-electron chi connectivity index (χ2n) is 4.90. The second kappa shape index (κ2) is 9.85. The van der Waals surface area contributed by atoms with Gasteiger partial charge >= 0.3 is 0 Å². The van der Waals surface area contributed by atoms with Crippen molar-refractivity contribution in [2.24, 2.45) is 0 Å². The van der Waals surface area contributed by atoms with Crippen LogP contribution in [0.1, 0.15) is 39.7 Å². The third-order valence-electron chi connectivity index (χ3n) is 3.38. The Kier molecular flexibility index (Phi) is 9.32. The van der Waals surface area contributed by atoms with Crippen molar-refractivity contribution < 1.29 is 0 Å². The van der Waals surface area contributed by atoms with Gasteiger partial charge in [-0.05, 0) is 52.1 Å². The number of hydrogen-bond acceptors (Lipinski definition) is 2. The fraction of sp³-hybridized carbons (Fsp3) is 0.647. The van der Waals surface area contributed by atoms with Gasteiger partial charge in [0.15, 0.2) is 0 Å². The van der Waals surface area contributed by atoms with Crippen LogP contribution in [0.2, 0.25) is 0 Å². The van der Waals surface area contributed by atoms with Crippen LogP contribution in [0.5, 0.6) is 0 Å². The lowest BCUT2D eigenvalue weighted by atomic mass is 10.1. The Hall–Kier alpha value is -1.02. The van der Waals surface area contributed by atoms with E-state index in [9.17, 15) is 0 Å². The summed E-state index contributed by atoms with van der Waals surface area (Å²) >= 11 is 0. The van der Waals surface area contributed by atoms with E-state index in [-0.39, 0.29) is 0 Å². The Bertz CT molecular complexity index is 334. The third kappa shape index (κ3) is 6.11. The number of likely N-dealkylation sites (N-methyl/N-ethyl adjacent to an activating group) is 2. The molecule has 19 heavy (non-hydrogen) atoms. The Labute approximate surface area is 120 Å². The lowest BCUT2D eigenvalue weighted by Gasteiger charge is -2.31. The number of aryl methyl sites for hydroxylation is 1. The summed E-state index contributed by atoms with van der Waals surface area (Å²) in [5.41, 5.74) is 2.67. The maximum atomic E-state index is 2.46. The minimum atomic E-state index is 0.621. The van der Waals surface area contributed by atoms with E-state index in [1.54, 1.807) is 0 Å². The van der Waals surface area contributed by atoms with Gasteiger partial charge in [0.1, 0.15) is 0 Å². The average Bonchev–Trinajstić information content (AvgIpc) is 2.42. The van der Waals surface area contributed by atoms with Gasteiger partial charge in [-0.3, -0.25) is 0 Å². The van der Waals surface area contributed by atoms with Gasteiger partial charge in [0.2, 0.25) is 0 Å². The Morgan fingerprint density at radius 1 is 1.11 bits per heavy atom. The molecule has 0 aliphatic rings. The summed E-state index contributed by atoms with van der Waals surface area (Å²) in [6, 6.07) is 9.39. The predicted octanol–water partition coefficient (Wildman–Crippen LogP) is 4.19. The Balaban J connectivity index is 0.00000154. The van der Waals surface area contributed by atoms with E-state index in [4.69, 9.17) is 0 Å². The van der Waals surface area contributed by atoms with E-state index in [1.807, 2.05) is 13.8 Å². The van der Waals surface area contributed by atoms with Crippen molar-refractivity contribution in [3.8, 4) is 0 Å². The summed E-state index contributed by atoms with van der Waals surface area (Å²) in [6.07, 6.45) is 1.19. The molecular weight excluding hydrogens is 232 g/mol. The highest BCUT2D eigenvalue weighted by Gasteiger charge is 2.13. The minimum absolute atomic E-state index is 0.621. The van der Waals surface area contributed by atoms with Crippen LogP contribution in [0, 0.1) is 6.92 Å². The maximum Gasteiger partial charge on any atom is 0.0369 e. The van der Waals surface area contributed by atoms with Crippen molar-refractivity contribution in [1.29, 1.82) is 0 Å². The van der Waals surface area contributed by atoms with Crippen LogP contribution in [0.25, 0.3) is 0 Å². The second-order valence-corrected chi connectivity index (χ2v) is 4.90. The molecule has 1 unspecified atom stereocenters. The highest BCUT2D eigenvalue weighted by Crippen LogP contribution is 2.17. The Morgan fingerprint density at radius 2 is 1.74 bits per heavy atom. The third-order valence-corrected chi connectivity index (χ3v) is 3.38. The van der Waals surface area contributed by atoms with Gasteiger partial charge in [0.25, 0.3) is 0 Å². The largest absolute Gasteiger partial charge is 0.370 e. The zero-order chi connectivity index (χ0) is 14.8. The van der Waals surface area contributed by atoms with Gasteiger partial charge in [-0.25, -0.2) is 0 Å². The van der Waals surface area contributed by atoms with Crippen molar-refractivity contribution in [3.63, 3.8) is 0 Å². The molecule has 0 spiro atoms. The first kappa shape index (κ1) is 18.0. The highest BCUT2D eigenvalue weighted by atomic mass is 15.2. The van der Waals surface area contributed by atoms with Crippen LogP contribution >= 0.6 is 0 Å². The molecule has 0 bridgehead atoms. The molecule has 0 radical (unpaired) electrons. The highest BCUT2D eigenvalue weighted by molar-refractivity contribution is 5.48. The number of hydrogen-bond donors (Lipinski definition) is 0. The Morgan fingerprint density at radius 3 is 2.16 bits per heavy atom. The summed E-state index contributed by atoms with van der Waals surface area (Å²) in [5, 5.41) is 0. The van der Waals surface area contributed by atoms with Crippen molar-refractivity contribution in [1.82, 2.24) is 4.90 Å². The molecule has 0 amide bonds. The molecule has 0 N–H and O–H groups in total. The quantitative estimate of drug-likeness (QED) is 0.760. The van der Waals surface area contributed by atoms with Crippen LogP contribution in [-0.4, -0.2) is 38.1 Å². The summed E-state index contributed by atoms with van der Waals surface area (Å²) in [7, 11) is 4.33. The van der Waals surface area contributed by atoms with E-state index in [0.29, 0.717) is 6.04 Å². The molecule has 110 valence electrons. The van der Waals surface area contributed by atoms with Gasteiger partial charge < -0.3 is 9.80 Å². The molecule has 1 aromatic rings. The molecule has 2 nitrogen and oxygen atoms in total. The standard InChI is InChI=1S/C15H26N2.C2H6/c1-6-14(16(4)5)12-17(7-2)15-10-8-9-13(3)11-15;1-2/h8-11,14H,6-7,12H2,1-5H3;1-2H3. The fourth-order valence-electron chi connectivity index (χ4n) is 2.15. The first-order chi connectivity index (χ1) is 9.08. The molecule has 0 aliphatic heterocycles. The zero-order valence-electron chi connectivity index (χ0n) is 13.9. The molecule has 0 aliphatic carbocycles. The van der Waals surface area contributed by atoms with Crippen LogP contribution in [0.4, 0.5) is 5.69 Å². The molecule has 0 heterocycles. The molecule has 2 heteroatoms. The molecule has 0 saturated heterocycles. The first-order valence-corrected chi connectivity index (χ1v) is 7.56. The SMILES string of the molecule is CC.CCC(CN(CC)c1cccc(C)c1)N(C)C. The molecule has 0 saturated carbocycles. The van der Waals surface area contributed by atoms with E-state index < -0.39 is 0 Å². The molecule has 0 aromatic heterocycles. The van der Waals surface area contributed by atoms with Crippen LogP contribution < -0.4 is 4.90 Å². The maximum absolute atomic E-state index is 2.46. The van der Waals surface area contributed by atoms with Crippen LogP contribution in [0.15, 0.2) is 24.3 Å². The van der Waals surface area contributed by atoms with E-state index in [0.717, 1.165) is 13.1 Å². The minimum Gasteiger partial charge on any atom is -0.370 e. The van der Waals surface area contributed by atoms with E-state index >= 15 is 0 Å². The lowest BCUT2D eigenvalue weighted by Crippen LogP contribution is -2.40. The smallest absolute Gasteiger partial charge is 0.0369 e. The van der Waals surface area contributed by atoms with E-state index in [2.05, 4.69) is 68.9 Å². The van der Waals surface area contributed by atoms with Gasteiger partial charge in [0, 0.05) is 24.8 Å². The van der Waals surface area contributed by atoms with Crippen LogP contribution in [-0.2, 0) is 0 Å². The van der Waals surface area contributed by atoms with Gasteiger partial charge in [-0.1, -0.05) is 32.9 Å². The fourth-order valence-corrected chi connectivity index (χ4v) is 2.15. The number of nitrogens with zero attached hydrogens (tertiary/aromatic N) is 2. The molecule has 1 atom stereocenters. The molecule has 1 aromatic carbocycles.